The quantitative estimate of drug-likeness (QED) is 0.449. The molecule has 0 spiro atoms. The number of hydrogen-bond donors (Lipinski definition) is 4. The van der Waals surface area contributed by atoms with Crippen molar-refractivity contribution in [2.75, 3.05) is 6.61 Å². The van der Waals surface area contributed by atoms with Gasteiger partial charge in [-0.05, 0) is 111 Å². The normalized spacial score (nSPS) is 45.4. The molecular weight excluding hydrogens is 430 g/mol. The summed E-state index contributed by atoms with van der Waals surface area (Å²) in [4.78, 5) is 23.9. The fraction of sp³-hybridized carbons (Fsp3) is 0.929. The van der Waals surface area contributed by atoms with Gasteiger partial charge in [0.2, 0.25) is 5.91 Å². The van der Waals surface area contributed by atoms with Gasteiger partial charge in [0.25, 0.3) is 0 Å². The number of aliphatic hydroxyl groups excluding tert-OH is 3. The number of hydrogen-bond acceptors (Lipinski definition) is 5. The van der Waals surface area contributed by atoms with E-state index in [1.807, 2.05) is 0 Å². The summed E-state index contributed by atoms with van der Waals surface area (Å²) in [5.41, 5.74) is 0.449. The summed E-state index contributed by atoms with van der Waals surface area (Å²) >= 11 is 0. The molecule has 0 saturated heterocycles. The molecule has 1 amide bonds. The van der Waals surface area contributed by atoms with Crippen LogP contribution in [0, 0.1) is 46.3 Å². The first-order valence-electron chi connectivity index (χ1n) is 13.8. The zero-order valence-electron chi connectivity index (χ0n) is 21.6. The van der Waals surface area contributed by atoms with Crippen molar-refractivity contribution in [1.82, 2.24) is 5.32 Å². The highest BCUT2D eigenvalue weighted by molar-refractivity contribution is 5.89. The first-order chi connectivity index (χ1) is 16.0. The topological polar surface area (TPSA) is 107 Å². The minimum atomic E-state index is -0.643. The van der Waals surface area contributed by atoms with E-state index in [0.717, 1.165) is 38.5 Å². The highest BCUT2D eigenvalue weighted by Crippen LogP contribution is 2.68. The van der Waals surface area contributed by atoms with E-state index in [2.05, 4.69) is 26.1 Å². The van der Waals surface area contributed by atoms with Crippen molar-refractivity contribution >= 4 is 11.7 Å². The number of nitrogens with one attached hydrogen (secondary N) is 1. The van der Waals surface area contributed by atoms with E-state index in [4.69, 9.17) is 5.11 Å². The monoisotopic (exact) mass is 477 g/mol. The molecule has 6 heteroatoms. The predicted octanol–water partition coefficient (Wildman–Crippen LogP) is 3.46. The molecule has 4 fully saturated rings. The van der Waals surface area contributed by atoms with Crippen LogP contribution in [0.15, 0.2) is 0 Å². The molecule has 0 radical (unpaired) electrons. The number of carbonyl (C=O) groups is 2. The van der Waals surface area contributed by atoms with E-state index in [-0.39, 0.29) is 34.7 Å². The molecule has 0 bridgehead atoms. The van der Waals surface area contributed by atoms with E-state index in [1.165, 1.54) is 19.3 Å². The first kappa shape index (κ1) is 26.1. The fourth-order valence-corrected chi connectivity index (χ4v) is 9.27. The van der Waals surface area contributed by atoms with E-state index >= 15 is 0 Å². The molecule has 34 heavy (non-hydrogen) atoms. The van der Waals surface area contributed by atoms with Crippen molar-refractivity contribution in [3.05, 3.63) is 0 Å². The third-order valence-corrected chi connectivity index (χ3v) is 11.3. The fourth-order valence-electron chi connectivity index (χ4n) is 9.27. The summed E-state index contributed by atoms with van der Waals surface area (Å²) in [6.45, 7) is 8.25. The summed E-state index contributed by atoms with van der Waals surface area (Å²) in [6.07, 6.45) is 9.11. The van der Waals surface area contributed by atoms with E-state index < -0.39 is 12.6 Å². The molecule has 0 heterocycles. The first-order valence-corrected chi connectivity index (χ1v) is 13.8. The van der Waals surface area contributed by atoms with Crippen molar-refractivity contribution in [2.45, 2.75) is 110 Å². The molecule has 4 aliphatic rings. The largest absolute Gasteiger partial charge is 0.393 e. The van der Waals surface area contributed by atoms with E-state index in [9.17, 15) is 19.8 Å². The summed E-state index contributed by atoms with van der Waals surface area (Å²) in [7, 11) is 0. The smallest absolute Gasteiger partial charge is 0.220 e. The van der Waals surface area contributed by atoms with Crippen molar-refractivity contribution < 1.29 is 24.9 Å². The molecule has 6 nitrogen and oxygen atoms in total. The zero-order chi connectivity index (χ0) is 24.8. The van der Waals surface area contributed by atoms with Gasteiger partial charge in [0.15, 0.2) is 5.78 Å². The van der Waals surface area contributed by atoms with Crippen LogP contribution in [0.5, 0.6) is 0 Å². The highest BCUT2D eigenvalue weighted by Gasteiger charge is 2.62. The molecule has 0 aromatic carbocycles. The van der Waals surface area contributed by atoms with Crippen LogP contribution in [0.25, 0.3) is 0 Å². The summed E-state index contributed by atoms with van der Waals surface area (Å²) < 4.78 is 0. The average Bonchev–Trinajstić information content (AvgIpc) is 3.15. The second-order valence-electron chi connectivity index (χ2n) is 12.9. The lowest BCUT2D eigenvalue weighted by Gasteiger charge is -2.62. The molecule has 4 aliphatic carbocycles. The average molecular weight is 478 g/mol. The van der Waals surface area contributed by atoms with Crippen LogP contribution in [-0.4, -0.2) is 51.9 Å². The lowest BCUT2D eigenvalue weighted by Crippen LogP contribution is -2.58. The van der Waals surface area contributed by atoms with Crippen molar-refractivity contribution in [2.24, 2.45) is 46.3 Å². The second kappa shape index (κ2) is 9.82. The van der Waals surface area contributed by atoms with Crippen LogP contribution in [-0.2, 0) is 9.59 Å². The molecule has 4 rings (SSSR count). The lowest BCUT2D eigenvalue weighted by atomic mass is 9.43. The van der Waals surface area contributed by atoms with Crippen LogP contribution < -0.4 is 5.32 Å². The molecule has 4 saturated carbocycles. The maximum atomic E-state index is 12.4. The van der Waals surface area contributed by atoms with Crippen LogP contribution in [0.4, 0.5) is 0 Å². The Morgan fingerprint density at radius 2 is 1.65 bits per heavy atom. The lowest BCUT2D eigenvalue weighted by molar-refractivity contribution is -0.174. The minimum Gasteiger partial charge on any atom is -0.393 e. The Labute approximate surface area is 205 Å². The maximum absolute atomic E-state index is 12.4. The van der Waals surface area contributed by atoms with Gasteiger partial charge < -0.3 is 20.6 Å². The van der Waals surface area contributed by atoms with Crippen molar-refractivity contribution in [3.63, 3.8) is 0 Å². The van der Waals surface area contributed by atoms with E-state index in [0.29, 0.717) is 41.9 Å². The van der Waals surface area contributed by atoms with Gasteiger partial charge in [-0.3, -0.25) is 9.59 Å². The summed E-state index contributed by atoms with van der Waals surface area (Å²) in [5, 5.41) is 33.3. The Hall–Kier alpha value is -0.980. The Kier molecular flexibility index (Phi) is 7.53. The summed E-state index contributed by atoms with van der Waals surface area (Å²) in [6, 6.07) is -0.643. The maximum Gasteiger partial charge on any atom is 0.220 e. The van der Waals surface area contributed by atoms with Crippen LogP contribution >= 0.6 is 0 Å². The number of rotatable bonds is 7. The molecule has 0 aliphatic heterocycles. The molecule has 194 valence electrons. The second-order valence-corrected chi connectivity index (χ2v) is 12.9. The van der Waals surface area contributed by atoms with Crippen LogP contribution in [0.2, 0.25) is 0 Å². The number of ketones is 1. The third-order valence-electron chi connectivity index (χ3n) is 11.3. The molecular formula is C28H47NO5. The van der Waals surface area contributed by atoms with Gasteiger partial charge in [-0.25, -0.2) is 0 Å². The number of aliphatic hydroxyl groups is 3. The number of fused-ring (bicyclic) bond motifs is 5. The summed E-state index contributed by atoms with van der Waals surface area (Å²) in [5.74, 6) is 2.37. The van der Waals surface area contributed by atoms with Gasteiger partial charge in [-0.2, -0.15) is 0 Å². The van der Waals surface area contributed by atoms with E-state index in [1.54, 1.807) is 6.92 Å². The SMILES string of the molecule is C[C@H](CCC(=O)N[C@H](C)C(=O)CO)[C@H]1CC[C@H]2[C@@H]3[C@@H](O)C[C@@H]4C[C@H](O)CC[C@]4(C)[C@H]3CC[C@]12C. The zero-order valence-corrected chi connectivity index (χ0v) is 21.6. The molecule has 11 atom stereocenters. The van der Waals surface area contributed by atoms with Gasteiger partial charge in [0, 0.05) is 6.42 Å². The number of carbonyl (C=O) groups excluding carboxylic acids is 2. The standard InChI is InChI=1S/C28H47NO5/c1-16(5-8-25(34)29-17(2)24(33)15-30)20-6-7-21-26-22(10-12-28(20,21)4)27(3)11-9-19(31)13-18(27)14-23(26)32/h16-23,26,30-32H,5-15H2,1-4H3,(H,29,34)/t16-,17-,18+,19-,20-,21+,22+,23+,26+,27+,28-/m1/s1. The molecule has 0 unspecified atom stereocenters. The highest BCUT2D eigenvalue weighted by atomic mass is 16.3. The van der Waals surface area contributed by atoms with Gasteiger partial charge in [-0.15, -0.1) is 0 Å². The van der Waals surface area contributed by atoms with Crippen molar-refractivity contribution in [3.8, 4) is 0 Å². The molecule has 4 N–H and O–H groups in total. The van der Waals surface area contributed by atoms with Crippen LogP contribution in [0.3, 0.4) is 0 Å². The van der Waals surface area contributed by atoms with Gasteiger partial charge >= 0.3 is 0 Å². The Balaban J connectivity index is 1.41. The van der Waals surface area contributed by atoms with Gasteiger partial charge in [0.05, 0.1) is 18.2 Å². The number of Topliss-reactive ketones (excluding diaryl/α,β-unsaturated/α-hetero) is 1. The number of amides is 1. The molecule has 0 aromatic rings. The Morgan fingerprint density at radius 1 is 0.971 bits per heavy atom. The minimum absolute atomic E-state index is 0.120. The van der Waals surface area contributed by atoms with Crippen LogP contribution in [0.1, 0.15) is 91.9 Å². The Bertz CT molecular complexity index is 772. The van der Waals surface area contributed by atoms with Gasteiger partial charge in [0.1, 0.15) is 6.61 Å². The Morgan fingerprint density at radius 3 is 2.35 bits per heavy atom. The van der Waals surface area contributed by atoms with Crippen molar-refractivity contribution in [1.29, 1.82) is 0 Å². The third kappa shape index (κ3) is 4.48. The predicted molar refractivity (Wildman–Crippen MR) is 131 cm³/mol. The van der Waals surface area contributed by atoms with Gasteiger partial charge in [-0.1, -0.05) is 20.8 Å². The molecule has 0 aromatic heterocycles.